The quantitative estimate of drug-likeness (QED) is 0.684. The van der Waals surface area contributed by atoms with Gasteiger partial charge in [0.1, 0.15) is 12.3 Å². The third-order valence-corrected chi connectivity index (χ3v) is 7.16. The molecule has 0 bridgehead atoms. The summed E-state index contributed by atoms with van der Waals surface area (Å²) in [5.74, 6) is 0.177. The number of nitrogens with one attached hydrogen (secondary N) is 1. The Balaban J connectivity index is 1.44. The Labute approximate surface area is 175 Å². The fourth-order valence-electron chi connectivity index (χ4n) is 3.84. The maximum absolute atomic E-state index is 12.9. The molecule has 7 nitrogen and oxygen atoms in total. The number of rotatable bonds is 7. The highest BCUT2D eigenvalue weighted by Gasteiger charge is 2.28. The number of carbonyl (C=O) groups excluding carboxylic acids is 2. The minimum atomic E-state index is -3.49. The fraction of sp³-hybridized carbons (Fsp3) is 0.364. The summed E-state index contributed by atoms with van der Waals surface area (Å²) in [6.45, 7) is -0.0334. The number of hydrogen-bond acceptors (Lipinski definition) is 5. The van der Waals surface area contributed by atoms with Gasteiger partial charge in [-0.1, -0.05) is 18.2 Å². The van der Waals surface area contributed by atoms with Gasteiger partial charge in [0.05, 0.1) is 16.8 Å². The molecule has 0 unspecified atom stereocenters. The van der Waals surface area contributed by atoms with Gasteiger partial charge in [0.15, 0.2) is 9.84 Å². The summed E-state index contributed by atoms with van der Waals surface area (Å²) in [7, 11) is -3.49. The molecule has 30 heavy (non-hydrogen) atoms. The molecule has 1 aliphatic carbocycles. The lowest BCUT2D eigenvalue weighted by atomic mass is 10.1. The first-order chi connectivity index (χ1) is 14.4. The predicted molar refractivity (Wildman–Crippen MR) is 112 cm³/mol. The van der Waals surface area contributed by atoms with Crippen LogP contribution in [0.25, 0.3) is 0 Å². The van der Waals surface area contributed by atoms with Crippen LogP contribution >= 0.6 is 0 Å². The first-order valence-corrected chi connectivity index (χ1v) is 11.8. The lowest BCUT2D eigenvalue weighted by Crippen LogP contribution is -2.27. The van der Waals surface area contributed by atoms with Crippen molar-refractivity contribution in [2.45, 2.75) is 43.1 Å². The van der Waals surface area contributed by atoms with Crippen molar-refractivity contribution in [3.05, 3.63) is 54.1 Å². The number of carbonyl (C=O) groups is 2. The van der Waals surface area contributed by atoms with E-state index in [1.165, 1.54) is 4.90 Å². The monoisotopic (exact) mass is 428 g/mol. The van der Waals surface area contributed by atoms with Crippen molar-refractivity contribution in [3.63, 3.8) is 0 Å². The van der Waals surface area contributed by atoms with E-state index >= 15 is 0 Å². The highest BCUT2D eigenvalue weighted by atomic mass is 32.2. The number of aryl methyl sites for hydroxylation is 1. The van der Waals surface area contributed by atoms with Crippen molar-refractivity contribution in [2.75, 3.05) is 17.2 Å². The molecule has 4 rings (SSSR count). The number of sulfone groups is 1. The molecule has 1 N–H and O–H groups in total. The normalized spacial score (nSPS) is 17.4. The first kappa shape index (κ1) is 20.4. The van der Waals surface area contributed by atoms with Crippen LogP contribution in [0.3, 0.4) is 0 Å². The van der Waals surface area contributed by atoms with Crippen LogP contribution in [-0.4, -0.2) is 38.8 Å². The smallest absolute Gasteiger partial charge is 0.329 e. The number of imide groups is 1. The largest absolute Gasteiger partial charge is 0.490 e. The molecule has 0 spiro atoms. The van der Waals surface area contributed by atoms with Gasteiger partial charge in [0.2, 0.25) is 5.91 Å². The Morgan fingerprint density at radius 3 is 2.53 bits per heavy atom. The van der Waals surface area contributed by atoms with Gasteiger partial charge >= 0.3 is 6.03 Å². The lowest BCUT2D eigenvalue weighted by molar-refractivity contribution is -0.117. The van der Waals surface area contributed by atoms with Gasteiger partial charge in [-0.05, 0) is 68.0 Å². The van der Waals surface area contributed by atoms with Gasteiger partial charge in [-0.2, -0.15) is 0 Å². The summed E-state index contributed by atoms with van der Waals surface area (Å²) in [4.78, 5) is 24.8. The molecule has 1 aliphatic heterocycles. The molecule has 0 aromatic heterocycles. The van der Waals surface area contributed by atoms with Gasteiger partial charge in [0, 0.05) is 5.69 Å². The first-order valence-electron chi connectivity index (χ1n) is 10.1. The van der Waals surface area contributed by atoms with Crippen molar-refractivity contribution >= 4 is 27.5 Å². The number of anilines is 1. The number of hydrogen-bond donors (Lipinski definition) is 1. The highest BCUT2D eigenvalue weighted by Crippen LogP contribution is 2.26. The minimum Gasteiger partial charge on any atom is -0.490 e. The Kier molecular flexibility index (Phi) is 5.76. The van der Waals surface area contributed by atoms with Crippen LogP contribution in [0, 0.1) is 0 Å². The van der Waals surface area contributed by atoms with Crippen molar-refractivity contribution < 1.29 is 22.7 Å². The summed E-state index contributed by atoms with van der Waals surface area (Å²) in [5, 5.41) is 2.23. The van der Waals surface area contributed by atoms with E-state index in [0.29, 0.717) is 17.9 Å². The third kappa shape index (κ3) is 4.64. The molecular formula is C22H24N2O5S. The van der Waals surface area contributed by atoms with Crippen LogP contribution in [0.2, 0.25) is 0 Å². The molecule has 0 radical (unpaired) electrons. The number of benzene rings is 2. The average molecular weight is 429 g/mol. The van der Waals surface area contributed by atoms with Crippen LogP contribution in [0.5, 0.6) is 5.75 Å². The summed E-state index contributed by atoms with van der Waals surface area (Å²) in [6.07, 6.45) is 4.78. The van der Waals surface area contributed by atoms with E-state index in [4.69, 9.17) is 4.74 Å². The second kappa shape index (κ2) is 8.47. The maximum Gasteiger partial charge on any atom is 0.329 e. The number of ether oxygens (including phenoxy) is 1. The fourth-order valence-corrected chi connectivity index (χ4v) is 5.16. The van der Waals surface area contributed by atoms with Gasteiger partial charge in [-0.3, -0.25) is 15.0 Å². The van der Waals surface area contributed by atoms with E-state index in [0.717, 1.165) is 31.2 Å². The van der Waals surface area contributed by atoms with Gasteiger partial charge in [0.25, 0.3) is 0 Å². The second-order valence-corrected chi connectivity index (χ2v) is 9.79. The van der Waals surface area contributed by atoms with Crippen LogP contribution in [0.15, 0.2) is 53.4 Å². The van der Waals surface area contributed by atoms with Gasteiger partial charge < -0.3 is 4.74 Å². The number of urea groups is 1. The van der Waals surface area contributed by atoms with Gasteiger partial charge in [-0.15, -0.1) is 0 Å². The lowest BCUT2D eigenvalue weighted by Gasteiger charge is -2.15. The average Bonchev–Trinajstić information content (AvgIpc) is 3.36. The zero-order chi connectivity index (χ0) is 21.1. The molecule has 3 amide bonds. The molecule has 8 heteroatoms. The molecule has 2 aromatic carbocycles. The van der Waals surface area contributed by atoms with E-state index in [1.807, 2.05) is 6.07 Å². The Morgan fingerprint density at radius 2 is 1.80 bits per heavy atom. The van der Waals surface area contributed by atoms with E-state index in [9.17, 15) is 18.0 Å². The standard InChI is InChI=1S/C22H24N2O5S/c25-21-15-24(22(26)23-21)17-6-3-5-16(13-17)11-12-30(27,28)20-10-4-9-19(14-20)29-18-7-1-2-8-18/h3-6,9-10,13-14,18H,1-2,7-8,11-12,15H2,(H,23,25,26). The predicted octanol–water partition coefficient (Wildman–Crippen LogP) is 3.08. The Hall–Kier alpha value is -2.87. The molecule has 158 valence electrons. The van der Waals surface area contributed by atoms with Crippen LogP contribution < -0.4 is 15.0 Å². The summed E-state index contributed by atoms with van der Waals surface area (Å²) < 4.78 is 31.6. The molecular weight excluding hydrogens is 404 g/mol. The zero-order valence-electron chi connectivity index (χ0n) is 16.5. The van der Waals surface area contributed by atoms with E-state index in [2.05, 4.69) is 5.32 Å². The second-order valence-electron chi connectivity index (χ2n) is 7.68. The van der Waals surface area contributed by atoms with Crippen LogP contribution in [0.1, 0.15) is 31.2 Å². The van der Waals surface area contributed by atoms with E-state index in [1.54, 1.807) is 42.5 Å². The van der Waals surface area contributed by atoms with Crippen LogP contribution in [-0.2, 0) is 21.1 Å². The SMILES string of the molecule is O=C1CN(c2cccc(CCS(=O)(=O)c3cccc(OC4CCCC4)c3)c2)C(=O)N1. The highest BCUT2D eigenvalue weighted by molar-refractivity contribution is 7.91. The van der Waals surface area contributed by atoms with Crippen molar-refractivity contribution in [3.8, 4) is 5.75 Å². The van der Waals surface area contributed by atoms with Crippen molar-refractivity contribution in [1.29, 1.82) is 0 Å². The Morgan fingerprint density at radius 1 is 1.03 bits per heavy atom. The van der Waals surface area contributed by atoms with E-state index < -0.39 is 15.9 Å². The molecule has 2 fully saturated rings. The van der Waals surface area contributed by atoms with Crippen molar-refractivity contribution in [2.24, 2.45) is 0 Å². The molecule has 1 saturated carbocycles. The van der Waals surface area contributed by atoms with Gasteiger partial charge in [-0.25, -0.2) is 13.2 Å². The third-order valence-electron chi connectivity index (χ3n) is 5.44. The number of nitrogens with zero attached hydrogens (tertiary/aromatic N) is 1. The number of amides is 3. The summed E-state index contributed by atoms with van der Waals surface area (Å²) in [6, 6.07) is 13.3. The topological polar surface area (TPSA) is 92.8 Å². The molecule has 2 aliphatic rings. The maximum atomic E-state index is 12.9. The minimum absolute atomic E-state index is 0.0334. The Bertz CT molecular complexity index is 1060. The van der Waals surface area contributed by atoms with Crippen LogP contribution in [0.4, 0.5) is 10.5 Å². The summed E-state index contributed by atoms with van der Waals surface area (Å²) >= 11 is 0. The summed E-state index contributed by atoms with van der Waals surface area (Å²) in [5.41, 5.74) is 1.35. The molecule has 0 atom stereocenters. The van der Waals surface area contributed by atoms with E-state index in [-0.39, 0.29) is 29.2 Å². The molecule has 1 heterocycles. The molecule has 1 saturated heterocycles. The zero-order valence-corrected chi connectivity index (χ0v) is 17.4. The molecule has 2 aromatic rings. The van der Waals surface area contributed by atoms with Crippen molar-refractivity contribution in [1.82, 2.24) is 5.32 Å².